The van der Waals surface area contributed by atoms with E-state index in [1.165, 1.54) is 22.1 Å². The highest BCUT2D eigenvalue weighted by Crippen LogP contribution is 2.46. The Morgan fingerprint density at radius 3 is 0.967 bits per heavy atom. The maximum absolute atomic E-state index is 6.21. The van der Waals surface area contributed by atoms with Crippen LogP contribution in [0.15, 0.2) is 438 Å². The SMILES string of the molecule is c1ccc(-c2nc(-c3ccccc3)c3cc(-c4ccc(-c5cccc6oc7ccccc7c56)cc4)ccc3n2)cc1.c1ccc(-c2nc(-c3ccccc3)c3ccc(-c4ccc(-c5cccc6oc7ccccc7c56)cc4)cc3n2)cc1.c1ccc(-c2nc3ccccc3nc2-c2ccc(-c3cccc4oc5ccccc5c34)c3ccccc23)cc1. The number of benzene rings is 18. The number of aromatic nitrogens is 6. The second-order valence-electron chi connectivity index (χ2n) is 30.2. The lowest BCUT2D eigenvalue weighted by molar-refractivity contribution is 0.668. The van der Waals surface area contributed by atoms with Gasteiger partial charge < -0.3 is 13.3 Å². The van der Waals surface area contributed by atoms with E-state index < -0.39 is 0 Å². The summed E-state index contributed by atoms with van der Waals surface area (Å²) in [6, 6.07) is 147. The summed E-state index contributed by atoms with van der Waals surface area (Å²) < 4.78 is 18.4. The van der Waals surface area contributed by atoms with Crippen LogP contribution < -0.4 is 0 Å². The van der Waals surface area contributed by atoms with E-state index in [1.807, 2.05) is 158 Å². The summed E-state index contributed by atoms with van der Waals surface area (Å²) in [4.78, 5) is 30.3. The zero-order chi connectivity index (χ0) is 80.1. The molecule has 0 aliphatic heterocycles. The number of nitrogens with zero attached hydrogens (tertiary/aromatic N) is 6. The predicted molar refractivity (Wildman–Crippen MR) is 498 cm³/mol. The topological polar surface area (TPSA) is 117 Å². The second kappa shape index (κ2) is 30.7. The van der Waals surface area contributed by atoms with Crippen LogP contribution in [0.4, 0.5) is 0 Å². The molecule has 121 heavy (non-hydrogen) atoms. The van der Waals surface area contributed by atoms with Crippen LogP contribution in [0.3, 0.4) is 0 Å². The first-order valence-electron chi connectivity index (χ1n) is 40.6. The summed E-state index contributed by atoms with van der Waals surface area (Å²) in [6.07, 6.45) is 0. The van der Waals surface area contributed by atoms with Crippen molar-refractivity contribution in [2.75, 3.05) is 0 Å². The summed E-state index contributed by atoms with van der Waals surface area (Å²) in [6.45, 7) is 0. The average molecular weight is 1550 g/mol. The number of fused-ring (bicyclic) bond motifs is 13. The molecule has 24 aromatic rings. The van der Waals surface area contributed by atoms with Crippen molar-refractivity contribution in [2.24, 2.45) is 0 Å². The van der Waals surface area contributed by atoms with Crippen molar-refractivity contribution in [3.8, 4) is 123 Å². The van der Waals surface area contributed by atoms with Crippen molar-refractivity contribution < 1.29 is 13.3 Å². The summed E-state index contributed by atoms with van der Waals surface area (Å²) in [5.41, 5.74) is 30.5. The van der Waals surface area contributed by atoms with Crippen LogP contribution in [0.25, 0.3) is 233 Å². The molecule has 24 rings (SSSR count). The van der Waals surface area contributed by atoms with Crippen LogP contribution in [-0.4, -0.2) is 29.9 Å². The Balaban J connectivity index is 0.000000109. The van der Waals surface area contributed by atoms with Gasteiger partial charge in [-0.1, -0.05) is 352 Å². The second-order valence-corrected chi connectivity index (χ2v) is 30.2. The van der Waals surface area contributed by atoms with Gasteiger partial charge in [0.1, 0.15) is 33.5 Å². The molecule has 0 saturated heterocycles. The Morgan fingerprint density at radius 2 is 0.479 bits per heavy atom. The smallest absolute Gasteiger partial charge is 0.160 e. The van der Waals surface area contributed by atoms with Crippen molar-refractivity contribution in [2.45, 2.75) is 0 Å². The van der Waals surface area contributed by atoms with Crippen molar-refractivity contribution in [3.05, 3.63) is 425 Å². The molecule has 0 amide bonds. The van der Waals surface area contributed by atoms with Crippen molar-refractivity contribution in [1.29, 1.82) is 0 Å². The lowest BCUT2D eigenvalue weighted by Gasteiger charge is -2.15. The molecule has 0 aliphatic rings. The number of para-hydroxylation sites is 5. The third-order valence-corrected chi connectivity index (χ3v) is 22.9. The van der Waals surface area contributed by atoms with E-state index in [9.17, 15) is 0 Å². The van der Waals surface area contributed by atoms with Crippen LogP contribution in [0.2, 0.25) is 0 Å². The molecule has 9 nitrogen and oxygen atoms in total. The maximum atomic E-state index is 6.21. The van der Waals surface area contributed by atoms with Gasteiger partial charge in [-0.25, -0.2) is 29.9 Å². The maximum Gasteiger partial charge on any atom is 0.160 e. The van der Waals surface area contributed by atoms with Gasteiger partial charge in [0.2, 0.25) is 0 Å². The first-order valence-corrected chi connectivity index (χ1v) is 40.6. The lowest BCUT2D eigenvalue weighted by atomic mass is 9.90. The molecule has 0 fully saturated rings. The number of hydrogen-bond donors (Lipinski definition) is 0. The van der Waals surface area contributed by atoms with Crippen molar-refractivity contribution in [1.82, 2.24) is 29.9 Å². The molecule has 18 aromatic carbocycles. The third-order valence-electron chi connectivity index (χ3n) is 22.9. The lowest BCUT2D eigenvalue weighted by Crippen LogP contribution is -1.96. The zero-order valence-electron chi connectivity index (χ0n) is 65.3. The molecular weight excluding hydrogens is 1480 g/mol. The minimum absolute atomic E-state index is 0.727. The largest absolute Gasteiger partial charge is 0.456 e. The summed E-state index contributed by atoms with van der Waals surface area (Å²) >= 11 is 0. The Bertz CT molecular complexity index is 8050. The van der Waals surface area contributed by atoms with Crippen LogP contribution in [-0.2, 0) is 0 Å². The molecule has 9 heteroatoms. The molecule has 6 aromatic heterocycles. The fourth-order valence-corrected chi connectivity index (χ4v) is 17.1. The van der Waals surface area contributed by atoms with E-state index in [0.29, 0.717) is 0 Å². The average Bonchev–Trinajstić information content (AvgIpc) is 1.60. The van der Waals surface area contributed by atoms with E-state index in [1.54, 1.807) is 0 Å². The van der Waals surface area contributed by atoms with Gasteiger partial charge in [-0.15, -0.1) is 0 Å². The fourth-order valence-electron chi connectivity index (χ4n) is 17.1. The summed E-state index contributed by atoms with van der Waals surface area (Å²) in [5.74, 6) is 1.46. The van der Waals surface area contributed by atoms with E-state index in [-0.39, 0.29) is 0 Å². The number of hydrogen-bond acceptors (Lipinski definition) is 9. The van der Waals surface area contributed by atoms with Gasteiger partial charge in [0, 0.05) is 76.5 Å². The molecule has 0 spiro atoms. The fraction of sp³-hybridized carbons (Fsp3) is 0. The molecule has 0 atom stereocenters. The van der Waals surface area contributed by atoms with E-state index in [4.69, 9.17) is 43.2 Å². The Labute approximate surface area is 696 Å². The highest BCUT2D eigenvalue weighted by Gasteiger charge is 2.23. The molecular formula is C112H70N6O3. The molecule has 0 saturated carbocycles. The van der Waals surface area contributed by atoms with Gasteiger partial charge >= 0.3 is 0 Å². The summed E-state index contributed by atoms with van der Waals surface area (Å²) in [7, 11) is 0. The van der Waals surface area contributed by atoms with Gasteiger partial charge in [-0.2, -0.15) is 0 Å². The van der Waals surface area contributed by atoms with Gasteiger partial charge in [0.15, 0.2) is 11.6 Å². The molecule has 0 bridgehead atoms. The van der Waals surface area contributed by atoms with Crippen LogP contribution in [0, 0.1) is 0 Å². The normalized spacial score (nSPS) is 11.5. The Kier molecular flexibility index (Phi) is 18.1. The monoisotopic (exact) mass is 1550 g/mol. The first kappa shape index (κ1) is 71.2. The standard InChI is InChI=1S/2C38H24N2O.C36H22N2O/c1-3-10-27(11-4-1)37-31-23-22-29(24-33(31)39-38(40-37)28-12-5-2-6-13-28)25-18-20-26(21-19-25)30-15-9-17-35-36(30)32-14-7-8-16-34(32)41-35;1-3-10-27(11-4-1)37-32-24-29(22-23-33(32)39-38(40-37)28-12-5-2-6-13-28)25-18-20-26(21-19-25)30-15-9-17-35-36(30)31-14-7-8-16-34(31)41-35;1-2-11-23(12-3-1)35-36(38-31-18-8-7-17-30(31)37-35)28-22-21-26(24-13-4-5-14-25(24)28)27-16-10-20-33-34(27)29-15-6-9-19-32(29)39-33/h2*1-24H;1-22H. The third kappa shape index (κ3) is 13.3. The van der Waals surface area contributed by atoms with Gasteiger partial charge in [0.05, 0.1) is 44.8 Å². The van der Waals surface area contributed by atoms with Crippen molar-refractivity contribution in [3.63, 3.8) is 0 Å². The van der Waals surface area contributed by atoms with Gasteiger partial charge in [-0.3, -0.25) is 0 Å². The minimum atomic E-state index is 0.727. The molecule has 566 valence electrons. The van der Waals surface area contributed by atoms with Crippen LogP contribution >= 0.6 is 0 Å². The molecule has 0 radical (unpaired) electrons. The highest BCUT2D eigenvalue weighted by molar-refractivity contribution is 6.18. The van der Waals surface area contributed by atoms with E-state index >= 15 is 0 Å². The Morgan fingerprint density at radius 1 is 0.140 bits per heavy atom. The zero-order valence-corrected chi connectivity index (χ0v) is 65.3. The highest BCUT2D eigenvalue weighted by atomic mass is 16.3. The Hall–Kier alpha value is -16.4. The van der Waals surface area contributed by atoms with Gasteiger partial charge in [-0.05, 0) is 139 Å². The molecule has 0 aliphatic carbocycles. The van der Waals surface area contributed by atoms with Crippen molar-refractivity contribution >= 4 is 109 Å². The number of rotatable bonds is 11. The van der Waals surface area contributed by atoms with Gasteiger partial charge in [0.25, 0.3) is 0 Å². The molecule has 0 unspecified atom stereocenters. The summed E-state index contributed by atoms with van der Waals surface area (Å²) in [5, 5.41) is 11.2. The number of furan rings is 3. The van der Waals surface area contributed by atoms with E-state index in [2.05, 4.69) is 267 Å². The predicted octanol–water partition coefficient (Wildman–Crippen LogP) is 30.1. The minimum Gasteiger partial charge on any atom is -0.456 e. The van der Waals surface area contributed by atoms with Crippen LogP contribution in [0.5, 0.6) is 0 Å². The van der Waals surface area contributed by atoms with Crippen LogP contribution in [0.1, 0.15) is 0 Å². The molecule has 6 heterocycles. The molecule has 0 N–H and O–H groups in total. The first-order chi connectivity index (χ1) is 60.0. The quantitative estimate of drug-likeness (QED) is 0.125. The van der Waals surface area contributed by atoms with E-state index in [0.717, 1.165) is 211 Å².